The number of hydrogen-bond donors (Lipinski definition) is 1. The minimum atomic E-state index is -3.61. The molecule has 0 saturated carbocycles. The van der Waals surface area contributed by atoms with E-state index in [0.717, 1.165) is 0 Å². The molecule has 0 saturated heterocycles. The molecule has 0 spiro atoms. The Balaban J connectivity index is 2.36. The normalized spacial score (nSPS) is 11.5. The van der Waals surface area contributed by atoms with Crippen molar-refractivity contribution in [3.05, 3.63) is 59.7 Å². The molecular weight excluding hydrogens is 324 g/mol. The highest BCUT2D eigenvalue weighted by molar-refractivity contribution is 7.89. The van der Waals surface area contributed by atoms with Crippen molar-refractivity contribution in [3.63, 3.8) is 0 Å². The van der Waals surface area contributed by atoms with Gasteiger partial charge in [-0.2, -0.15) is 4.31 Å². The number of rotatable bonds is 6. The lowest BCUT2D eigenvalue weighted by Crippen LogP contribution is -2.31. The van der Waals surface area contributed by atoms with E-state index in [1.165, 1.54) is 10.4 Å². The van der Waals surface area contributed by atoms with Crippen molar-refractivity contribution in [1.29, 1.82) is 0 Å². The van der Waals surface area contributed by atoms with E-state index in [-0.39, 0.29) is 10.8 Å². The summed E-state index contributed by atoms with van der Waals surface area (Å²) in [4.78, 5) is 12.6. The average molecular weight is 346 g/mol. The number of nitrogens with zero attached hydrogens (tertiary/aromatic N) is 1. The number of hydrogen-bond acceptors (Lipinski definition) is 3. The van der Waals surface area contributed by atoms with Crippen LogP contribution in [0.4, 0.5) is 5.69 Å². The van der Waals surface area contributed by atoms with Crippen molar-refractivity contribution in [2.24, 2.45) is 0 Å². The quantitative estimate of drug-likeness (QED) is 0.873. The van der Waals surface area contributed by atoms with Crippen molar-refractivity contribution < 1.29 is 13.2 Å². The van der Waals surface area contributed by atoms with E-state index in [1.807, 2.05) is 18.2 Å². The molecule has 24 heavy (non-hydrogen) atoms. The third-order valence-electron chi connectivity index (χ3n) is 3.81. The van der Waals surface area contributed by atoms with Crippen LogP contribution in [0.5, 0.6) is 0 Å². The van der Waals surface area contributed by atoms with Crippen molar-refractivity contribution >= 4 is 21.6 Å². The second kappa shape index (κ2) is 7.59. The smallest absolute Gasteiger partial charge is 0.255 e. The van der Waals surface area contributed by atoms with E-state index < -0.39 is 10.0 Å². The summed E-state index contributed by atoms with van der Waals surface area (Å²) < 4.78 is 26.9. The van der Waals surface area contributed by atoms with Gasteiger partial charge in [0.1, 0.15) is 0 Å². The molecule has 2 rings (SSSR count). The molecule has 2 aromatic carbocycles. The summed E-state index contributed by atoms with van der Waals surface area (Å²) in [6.45, 7) is 6.09. The molecule has 5 nitrogen and oxygen atoms in total. The van der Waals surface area contributed by atoms with Gasteiger partial charge in [-0.05, 0) is 36.8 Å². The number of carbonyl (C=O) groups excluding carboxylic acids is 1. The Morgan fingerprint density at radius 1 is 1.04 bits per heavy atom. The van der Waals surface area contributed by atoms with E-state index in [9.17, 15) is 13.2 Å². The molecule has 1 N–H and O–H groups in total. The minimum Gasteiger partial charge on any atom is -0.322 e. The van der Waals surface area contributed by atoms with Crippen LogP contribution in [0.2, 0.25) is 0 Å². The molecule has 1 amide bonds. The van der Waals surface area contributed by atoms with Gasteiger partial charge in [-0.25, -0.2) is 8.42 Å². The fourth-order valence-electron chi connectivity index (χ4n) is 2.45. The maximum Gasteiger partial charge on any atom is 0.255 e. The number of nitrogens with one attached hydrogen (secondary N) is 1. The van der Waals surface area contributed by atoms with Gasteiger partial charge < -0.3 is 5.32 Å². The number of benzene rings is 2. The molecule has 0 heterocycles. The molecule has 0 aliphatic heterocycles. The SMILES string of the molecule is CCN(CC)S(=O)(=O)c1cc(C(=O)Nc2ccccc2)ccc1C. The van der Waals surface area contributed by atoms with E-state index in [4.69, 9.17) is 0 Å². The summed E-state index contributed by atoms with van der Waals surface area (Å²) >= 11 is 0. The third-order valence-corrected chi connectivity index (χ3v) is 6.00. The molecule has 6 heteroatoms. The van der Waals surface area contributed by atoms with Crippen LogP contribution in [0.15, 0.2) is 53.4 Å². The van der Waals surface area contributed by atoms with Gasteiger partial charge in [-0.3, -0.25) is 4.79 Å². The predicted octanol–water partition coefficient (Wildman–Crippen LogP) is 3.28. The first-order valence-corrected chi connectivity index (χ1v) is 9.31. The summed E-state index contributed by atoms with van der Waals surface area (Å²) in [5, 5.41) is 2.77. The summed E-state index contributed by atoms with van der Waals surface area (Å²) in [5.74, 6) is -0.336. The van der Waals surface area contributed by atoms with Crippen molar-refractivity contribution in [2.45, 2.75) is 25.7 Å². The zero-order valence-corrected chi connectivity index (χ0v) is 14.9. The van der Waals surface area contributed by atoms with E-state index >= 15 is 0 Å². The standard InChI is InChI=1S/C18H22N2O3S/c1-4-20(5-2)24(22,23)17-13-15(12-11-14(17)3)18(21)19-16-9-7-6-8-10-16/h6-13H,4-5H2,1-3H3,(H,19,21). The topological polar surface area (TPSA) is 66.5 Å². The first-order valence-electron chi connectivity index (χ1n) is 7.87. The Hall–Kier alpha value is -2.18. The highest BCUT2D eigenvalue weighted by Gasteiger charge is 2.24. The second-order valence-corrected chi connectivity index (χ2v) is 7.30. The summed E-state index contributed by atoms with van der Waals surface area (Å²) in [5.41, 5.74) is 1.60. The van der Waals surface area contributed by atoms with Crippen LogP contribution in [0.1, 0.15) is 29.8 Å². The Bertz CT molecular complexity index is 813. The summed E-state index contributed by atoms with van der Waals surface area (Å²) in [6.07, 6.45) is 0. The largest absolute Gasteiger partial charge is 0.322 e. The lowest BCUT2D eigenvalue weighted by Gasteiger charge is -2.20. The van der Waals surface area contributed by atoms with Gasteiger partial charge in [-0.1, -0.05) is 38.1 Å². The second-order valence-electron chi connectivity index (χ2n) is 5.39. The number of amides is 1. The van der Waals surface area contributed by atoms with Gasteiger partial charge in [0.25, 0.3) is 5.91 Å². The van der Waals surface area contributed by atoms with Crippen LogP contribution >= 0.6 is 0 Å². The van der Waals surface area contributed by atoms with E-state index in [1.54, 1.807) is 45.0 Å². The molecule has 2 aromatic rings. The number of sulfonamides is 1. The highest BCUT2D eigenvalue weighted by Crippen LogP contribution is 2.22. The lowest BCUT2D eigenvalue weighted by molar-refractivity contribution is 0.102. The number of carbonyl (C=O) groups is 1. The first-order chi connectivity index (χ1) is 11.4. The maximum atomic E-state index is 12.7. The van der Waals surface area contributed by atoms with Gasteiger partial charge in [0.2, 0.25) is 10.0 Å². The lowest BCUT2D eigenvalue weighted by atomic mass is 10.1. The zero-order chi connectivity index (χ0) is 17.7. The van der Waals surface area contributed by atoms with Crippen molar-refractivity contribution in [2.75, 3.05) is 18.4 Å². The molecule has 128 valence electrons. The minimum absolute atomic E-state index is 0.173. The molecule has 0 unspecified atom stereocenters. The van der Waals surface area contributed by atoms with Crippen molar-refractivity contribution in [1.82, 2.24) is 4.31 Å². The van der Waals surface area contributed by atoms with Gasteiger partial charge >= 0.3 is 0 Å². The molecule has 0 bridgehead atoms. The number of aryl methyl sites for hydroxylation is 1. The van der Waals surface area contributed by atoms with Gasteiger partial charge in [0, 0.05) is 24.3 Å². The summed E-state index contributed by atoms with van der Waals surface area (Å²) in [6, 6.07) is 13.8. The van der Waals surface area contributed by atoms with Crippen LogP contribution in [0, 0.1) is 6.92 Å². The molecular formula is C18H22N2O3S. The van der Waals surface area contributed by atoms with Crippen LogP contribution < -0.4 is 5.32 Å². The van der Waals surface area contributed by atoms with Crippen LogP contribution in [0.3, 0.4) is 0 Å². The molecule has 0 atom stereocenters. The monoisotopic (exact) mass is 346 g/mol. The Labute approximate surface area is 143 Å². The van der Waals surface area contributed by atoms with Gasteiger partial charge in [0.15, 0.2) is 0 Å². The zero-order valence-electron chi connectivity index (χ0n) is 14.1. The Morgan fingerprint density at radius 3 is 2.25 bits per heavy atom. The van der Waals surface area contributed by atoms with E-state index in [2.05, 4.69) is 5.32 Å². The molecule has 0 aliphatic carbocycles. The Kier molecular flexibility index (Phi) is 5.75. The molecule has 0 aliphatic rings. The van der Waals surface area contributed by atoms with Gasteiger partial charge in [0.05, 0.1) is 4.90 Å². The molecule has 0 fully saturated rings. The summed E-state index contributed by atoms with van der Waals surface area (Å²) in [7, 11) is -3.61. The average Bonchev–Trinajstić information content (AvgIpc) is 2.56. The third kappa shape index (κ3) is 3.83. The fraction of sp³-hybridized carbons (Fsp3) is 0.278. The first kappa shape index (κ1) is 18.2. The molecule has 0 aromatic heterocycles. The molecule has 0 radical (unpaired) electrons. The fourth-order valence-corrected chi connectivity index (χ4v) is 4.16. The highest BCUT2D eigenvalue weighted by atomic mass is 32.2. The van der Waals surface area contributed by atoms with Crippen LogP contribution in [-0.2, 0) is 10.0 Å². The van der Waals surface area contributed by atoms with Gasteiger partial charge in [-0.15, -0.1) is 0 Å². The van der Waals surface area contributed by atoms with Crippen LogP contribution in [0.25, 0.3) is 0 Å². The van der Waals surface area contributed by atoms with Crippen LogP contribution in [-0.4, -0.2) is 31.7 Å². The predicted molar refractivity (Wildman–Crippen MR) is 95.7 cm³/mol. The van der Waals surface area contributed by atoms with E-state index in [0.29, 0.717) is 29.9 Å². The number of anilines is 1. The Morgan fingerprint density at radius 2 is 1.67 bits per heavy atom. The van der Waals surface area contributed by atoms with Crippen molar-refractivity contribution in [3.8, 4) is 0 Å². The number of para-hydroxylation sites is 1. The maximum absolute atomic E-state index is 12.7.